The van der Waals surface area contributed by atoms with Gasteiger partial charge in [-0.2, -0.15) is 0 Å². The first-order chi connectivity index (χ1) is 14.8. The Labute approximate surface area is 198 Å². The quantitative estimate of drug-likeness (QED) is 0.516. The van der Waals surface area contributed by atoms with Crippen LogP contribution in [0.3, 0.4) is 0 Å². The predicted octanol–water partition coefficient (Wildman–Crippen LogP) is 5.40. The predicted molar refractivity (Wildman–Crippen MR) is 133 cm³/mol. The van der Waals surface area contributed by atoms with Gasteiger partial charge in [-0.25, -0.2) is 0 Å². The molecule has 1 atom stereocenters. The number of likely N-dealkylation sites (tertiary alicyclic amines) is 1. The normalized spacial score (nSPS) is 21.1. The summed E-state index contributed by atoms with van der Waals surface area (Å²) < 4.78 is 0.666. The van der Waals surface area contributed by atoms with Crippen molar-refractivity contribution in [1.29, 1.82) is 0 Å². The summed E-state index contributed by atoms with van der Waals surface area (Å²) in [5, 5.41) is 12.6. The average molecular weight is 504 g/mol. The van der Waals surface area contributed by atoms with Gasteiger partial charge < -0.3 is 14.9 Å². The lowest BCUT2D eigenvalue weighted by Crippen LogP contribution is -2.41. The molecule has 1 N–H and O–H groups in total. The summed E-state index contributed by atoms with van der Waals surface area (Å²) in [4.78, 5) is 17.6. The van der Waals surface area contributed by atoms with Crippen molar-refractivity contribution in [2.45, 2.75) is 25.9 Å². The Kier molecular flexibility index (Phi) is 7.43. The van der Waals surface area contributed by atoms with Crippen molar-refractivity contribution in [3.63, 3.8) is 0 Å². The minimum absolute atomic E-state index is 0.350. The monoisotopic (exact) mass is 502 g/mol. The van der Waals surface area contributed by atoms with E-state index < -0.39 is 5.60 Å². The molecule has 1 aliphatic carbocycles. The van der Waals surface area contributed by atoms with Gasteiger partial charge in [-0.15, -0.1) is 0 Å². The number of fused-ring (bicyclic) bond motifs is 1. The van der Waals surface area contributed by atoms with Crippen LogP contribution in [0.15, 0.2) is 64.3 Å². The van der Waals surface area contributed by atoms with Crippen LogP contribution in [-0.4, -0.2) is 47.0 Å². The maximum atomic E-state index is 13.7. The molecule has 6 heteroatoms. The first kappa shape index (κ1) is 23.7. The molecule has 0 saturated carbocycles. The molecule has 1 heterocycles. The fourth-order valence-corrected chi connectivity index (χ4v) is 4.61. The molecular formula is C25H28BrClN2O2. The number of hydrogen-bond acceptors (Lipinski definition) is 3. The molecule has 1 aromatic rings. The Morgan fingerprint density at radius 1 is 1.26 bits per heavy atom. The van der Waals surface area contributed by atoms with Crippen LogP contribution in [0.2, 0.25) is 0 Å². The summed E-state index contributed by atoms with van der Waals surface area (Å²) in [6, 6.07) is 5.43. The van der Waals surface area contributed by atoms with Gasteiger partial charge in [0.1, 0.15) is 0 Å². The number of carbonyl (C=O) groups excluding carboxylic acids is 1. The lowest BCUT2D eigenvalue weighted by molar-refractivity contribution is -0.141. The van der Waals surface area contributed by atoms with E-state index in [0.29, 0.717) is 39.3 Å². The van der Waals surface area contributed by atoms with E-state index in [0.717, 1.165) is 30.8 Å². The molecule has 0 aromatic heterocycles. The third-order valence-electron chi connectivity index (χ3n) is 5.99. The van der Waals surface area contributed by atoms with Gasteiger partial charge in [0.05, 0.1) is 0 Å². The molecule has 1 aromatic carbocycles. The second-order valence-corrected chi connectivity index (χ2v) is 8.86. The topological polar surface area (TPSA) is 43.8 Å². The Morgan fingerprint density at radius 3 is 2.55 bits per heavy atom. The number of carbonyl (C=O) groups is 1. The lowest BCUT2D eigenvalue weighted by Gasteiger charge is -2.25. The smallest absolute Gasteiger partial charge is 0.268 e. The third kappa shape index (κ3) is 4.24. The molecule has 1 amide bonds. The van der Waals surface area contributed by atoms with E-state index in [2.05, 4.69) is 47.8 Å². The van der Waals surface area contributed by atoms with E-state index in [1.54, 1.807) is 35.3 Å². The number of benzene rings is 1. The number of likely N-dealkylation sites (N-methyl/N-ethyl adjacent to an activating group) is 1. The summed E-state index contributed by atoms with van der Waals surface area (Å²) in [6.07, 6.45) is 7.60. The number of amides is 1. The molecule has 2 aliphatic rings. The van der Waals surface area contributed by atoms with Gasteiger partial charge in [-0.1, -0.05) is 69.0 Å². The minimum atomic E-state index is -1.81. The van der Waals surface area contributed by atoms with E-state index in [9.17, 15) is 9.90 Å². The summed E-state index contributed by atoms with van der Waals surface area (Å²) in [7, 11) is 0. The third-order valence-corrected chi connectivity index (χ3v) is 7.29. The average Bonchev–Trinajstić information content (AvgIpc) is 2.88. The number of nitrogens with zero attached hydrogens (tertiary/aromatic N) is 2. The van der Waals surface area contributed by atoms with Crippen LogP contribution in [-0.2, 0) is 10.4 Å². The molecule has 0 radical (unpaired) electrons. The largest absolute Gasteiger partial charge is 0.372 e. The van der Waals surface area contributed by atoms with Gasteiger partial charge >= 0.3 is 0 Å². The highest BCUT2D eigenvalue weighted by Gasteiger charge is 2.53. The van der Waals surface area contributed by atoms with Crippen molar-refractivity contribution in [2.24, 2.45) is 0 Å². The summed E-state index contributed by atoms with van der Waals surface area (Å²) >= 11 is 9.89. The molecule has 4 nitrogen and oxygen atoms in total. The van der Waals surface area contributed by atoms with E-state index >= 15 is 0 Å². The van der Waals surface area contributed by atoms with Gasteiger partial charge in [-0.3, -0.25) is 4.79 Å². The molecule has 0 spiro atoms. The number of rotatable bonds is 8. The fourth-order valence-electron chi connectivity index (χ4n) is 4.08. The van der Waals surface area contributed by atoms with Crippen LogP contribution < -0.4 is 0 Å². The first-order valence-corrected chi connectivity index (χ1v) is 11.6. The molecule has 1 aliphatic heterocycles. The van der Waals surface area contributed by atoms with Crippen molar-refractivity contribution in [3.05, 3.63) is 81.0 Å². The standard InChI is InChI=1S/C25H28BrClN2O2/c1-5-17-9-10-19(15-18(17)6-2)25(31)20-16-21(26)22(27)11-12-23(20)29(24(25)30)14-13-28(7-3)8-4/h5-6,9-10,12,15-16,31H,1-2,7-8,11,13-14H2,3-4H3. The zero-order valence-electron chi connectivity index (χ0n) is 18.0. The minimum Gasteiger partial charge on any atom is -0.372 e. The summed E-state index contributed by atoms with van der Waals surface area (Å²) in [5.41, 5.74) is 1.62. The van der Waals surface area contributed by atoms with Crippen LogP contribution >= 0.6 is 27.5 Å². The fraction of sp³-hybridized carbons (Fsp3) is 0.320. The Hall–Kier alpha value is -1.92. The molecule has 1 fully saturated rings. The molecule has 1 saturated heterocycles. The van der Waals surface area contributed by atoms with Crippen LogP contribution in [0.25, 0.3) is 12.2 Å². The van der Waals surface area contributed by atoms with Gasteiger partial charge in [0.25, 0.3) is 5.91 Å². The highest BCUT2D eigenvalue weighted by Crippen LogP contribution is 2.47. The van der Waals surface area contributed by atoms with E-state index in [-0.39, 0.29) is 5.91 Å². The number of halogens is 2. The van der Waals surface area contributed by atoms with E-state index in [1.165, 1.54) is 0 Å². The summed E-state index contributed by atoms with van der Waals surface area (Å²) in [5.74, 6) is -0.350. The van der Waals surface area contributed by atoms with Crippen molar-refractivity contribution in [2.75, 3.05) is 26.2 Å². The number of allylic oxidation sites excluding steroid dienone is 4. The van der Waals surface area contributed by atoms with E-state index in [4.69, 9.17) is 11.6 Å². The Balaban J connectivity index is 2.14. The molecule has 1 unspecified atom stereocenters. The van der Waals surface area contributed by atoms with Gasteiger partial charge in [0.2, 0.25) is 0 Å². The van der Waals surface area contributed by atoms with Crippen molar-refractivity contribution in [1.82, 2.24) is 9.80 Å². The highest BCUT2D eigenvalue weighted by molar-refractivity contribution is 9.12. The van der Waals surface area contributed by atoms with Crippen molar-refractivity contribution < 1.29 is 9.90 Å². The second-order valence-electron chi connectivity index (χ2n) is 7.55. The van der Waals surface area contributed by atoms with Crippen LogP contribution in [0.1, 0.15) is 37.0 Å². The maximum absolute atomic E-state index is 13.7. The maximum Gasteiger partial charge on any atom is 0.268 e. The highest BCUT2D eigenvalue weighted by atomic mass is 79.9. The number of aliphatic hydroxyl groups is 1. The van der Waals surface area contributed by atoms with Crippen molar-refractivity contribution >= 4 is 45.6 Å². The molecule has 3 rings (SSSR count). The van der Waals surface area contributed by atoms with Crippen molar-refractivity contribution in [3.8, 4) is 0 Å². The van der Waals surface area contributed by atoms with Gasteiger partial charge in [-0.05, 0) is 57.9 Å². The first-order valence-electron chi connectivity index (χ1n) is 10.4. The molecule has 31 heavy (non-hydrogen) atoms. The lowest BCUT2D eigenvalue weighted by atomic mass is 9.85. The van der Waals surface area contributed by atoms with E-state index in [1.807, 2.05) is 12.1 Å². The molecular weight excluding hydrogens is 476 g/mol. The zero-order chi connectivity index (χ0) is 22.8. The SMILES string of the molecule is C=Cc1ccc(C2(O)C(=O)N(CCN(CC)CC)C3=CCC(Cl)=C(Br)C=C32)cc1C=C. The Bertz CT molecular complexity index is 1010. The molecule has 0 bridgehead atoms. The Morgan fingerprint density at radius 2 is 1.94 bits per heavy atom. The number of hydrogen-bond donors (Lipinski definition) is 1. The molecule has 164 valence electrons. The second kappa shape index (κ2) is 9.70. The summed E-state index contributed by atoms with van der Waals surface area (Å²) in [6.45, 7) is 14.9. The van der Waals surface area contributed by atoms with Crippen LogP contribution in [0.4, 0.5) is 0 Å². The van der Waals surface area contributed by atoms with Gasteiger partial charge in [0, 0.05) is 40.3 Å². The van der Waals surface area contributed by atoms with Crippen LogP contribution in [0.5, 0.6) is 0 Å². The van der Waals surface area contributed by atoms with Crippen LogP contribution in [0, 0.1) is 0 Å². The zero-order valence-corrected chi connectivity index (χ0v) is 20.3. The van der Waals surface area contributed by atoms with Gasteiger partial charge in [0.15, 0.2) is 5.60 Å².